The van der Waals surface area contributed by atoms with Gasteiger partial charge in [-0.3, -0.25) is 4.79 Å². The van der Waals surface area contributed by atoms with Crippen LogP contribution >= 0.6 is 57.4 Å². The van der Waals surface area contributed by atoms with Gasteiger partial charge in [-0.05, 0) is 34.7 Å². The number of aliphatic hydroxyl groups excluding tert-OH is 1. The van der Waals surface area contributed by atoms with Crippen LogP contribution in [0.25, 0.3) is 0 Å². The van der Waals surface area contributed by atoms with Crippen molar-refractivity contribution in [3.05, 3.63) is 33.4 Å². The molecule has 0 saturated carbocycles. The van der Waals surface area contributed by atoms with Crippen molar-refractivity contribution in [3.63, 3.8) is 0 Å². The molecule has 0 saturated heterocycles. The molecule has 0 fully saturated rings. The highest BCUT2D eigenvalue weighted by Crippen LogP contribution is 2.29. The number of rotatable bonds is 2. The van der Waals surface area contributed by atoms with Gasteiger partial charge < -0.3 is 10.4 Å². The number of halogens is 4. The lowest BCUT2D eigenvalue weighted by molar-refractivity contribution is 0.0791. The number of carbonyl (C=O) groups is 1. The van der Waals surface area contributed by atoms with Crippen molar-refractivity contribution in [2.24, 2.45) is 0 Å². The molecule has 0 spiro atoms. The van der Waals surface area contributed by atoms with Crippen molar-refractivity contribution >= 4 is 63.3 Å². The van der Waals surface area contributed by atoms with E-state index in [9.17, 15) is 9.90 Å². The molecular formula is C9H7Cl3INO2. The minimum Gasteiger partial charge on any atom is -0.369 e. The fraction of sp³-hybridized carbons (Fsp3) is 0.222. The summed E-state index contributed by atoms with van der Waals surface area (Å²) in [6.45, 7) is 0. The number of amides is 1. The second-order valence-corrected chi connectivity index (χ2v) is 6.43. The number of aliphatic hydroxyl groups is 1. The molecule has 1 aromatic rings. The van der Waals surface area contributed by atoms with E-state index in [-0.39, 0.29) is 0 Å². The molecular weight excluding hydrogens is 387 g/mol. The van der Waals surface area contributed by atoms with Gasteiger partial charge >= 0.3 is 0 Å². The van der Waals surface area contributed by atoms with E-state index in [1.807, 2.05) is 22.6 Å². The Bertz CT molecular complexity index is 395. The van der Waals surface area contributed by atoms with Crippen LogP contribution in [0.5, 0.6) is 0 Å². The van der Waals surface area contributed by atoms with Crippen LogP contribution in [0.3, 0.4) is 0 Å². The molecule has 0 aromatic heterocycles. The fourth-order valence-corrected chi connectivity index (χ4v) is 1.73. The summed E-state index contributed by atoms with van der Waals surface area (Å²) in [7, 11) is 0. The Balaban J connectivity index is 2.78. The van der Waals surface area contributed by atoms with Crippen LogP contribution in [0, 0.1) is 3.57 Å². The molecule has 1 unspecified atom stereocenters. The van der Waals surface area contributed by atoms with E-state index >= 15 is 0 Å². The van der Waals surface area contributed by atoms with Gasteiger partial charge in [-0.2, -0.15) is 0 Å². The SMILES string of the molecule is O=C(NC(O)C(Cl)(Cl)Cl)c1ccccc1I. The molecule has 0 radical (unpaired) electrons. The average Bonchev–Trinajstić information content (AvgIpc) is 2.16. The highest BCUT2D eigenvalue weighted by Gasteiger charge is 2.32. The number of hydrogen-bond donors (Lipinski definition) is 2. The van der Waals surface area contributed by atoms with Crippen molar-refractivity contribution in [3.8, 4) is 0 Å². The number of benzene rings is 1. The lowest BCUT2D eigenvalue weighted by atomic mass is 10.2. The largest absolute Gasteiger partial charge is 0.369 e. The van der Waals surface area contributed by atoms with E-state index < -0.39 is 15.9 Å². The van der Waals surface area contributed by atoms with E-state index in [1.165, 1.54) is 0 Å². The zero-order chi connectivity index (χ0) is 12.3. The molecule has 7 heteroatoms. The summed E-state index contributed by atoms with van der Waals surface area (Å²) >= 11 is 18.3. The lowest BCUT2D eigenvalue weighted by Crippen LogP contribution is -2.43. The summed E-state index contributed by atoms with van der Waals surface area (Å²) < 4.78 is -1.20. The smallest absolute Gasteiger partial charge is 0.254 e. The van der Waals surface area contributed by atoms with Crippen LogP contribution < -0.4 is 5.32 Å². The van der Waals surface area contributed by atoms with Gasteiger partial charge in [0.1, 0.15) is 0 Å². The normalized spacial score (nSPS) is 13.3. The van der Waals surface area contributed by atoms with E-state index in [0.717, 1.165) is 3.57 Å². The zero-order valence-electron chi connectivity index (χ0n) is 7.75. The molecule has 0 heterocycles. The predicted molar refractivity (Wildman–Crippen MR) is 72.9 cm³/mol. The Morgan fingerprint density at radius 3 is 2.44 bits per heavy atom. The van der Waals surface area contributed by atoms with Gasteiger partial charge in [0.15, 0.2) is 6.23 Å². The van der Waals surface area contributed by atoms with Gasteiger partial charge in [0.25, 0.3) is 5.91 Å². The summed E-state index contributed by atoms with van der Waals surface area (Å²) in [6, 6.07) is 6.88. The minimum atomic E-state index is -1.95. The molecule has 2 N–H and O–H groups in total. The van der Waals surface area contributed by atoms with E-state index in [0.29, 0.717) is 5.56 Å². The highest BCUT2D eigenvalue weighted by atomic mass is 127. The molecule has 0 aliphatic carbocycles. The van der Waals surface area contributed by atoms with Crippen LogP contribution in [-0.4, -0.2) is 21.0 Å². The van der Waals surface area contributed by atoms with Crippen LogP contribution in [0.4, 0.5) is 0 Å². The first-order valence-corrected chi connectivity index (χ1v) is 6.34. The van der Waals surface area contributed by atoms with Crippen LogP contribution in [0.15, 0.2) is 24.3 Å². The van der Waals surface area contributed by atoms with Gasteiger partial charge in [-0.15, -0.1) is 0 Å². The Morgan fingerprint density at radius 1 is 1.38 bits per heavy atom. The summed E-state index contributed by atoms with van der Waals surface area (Å²) in [5.41, 5.74) is 0.413. The zero-order valence-corrected chi connectivity index (χ0v) is 12.2. The Hall–Kier alpha value is 0.250. The number of carbonyl (C=O) groups excluding carboxylic acids is 1. The Morgan fingerprint density at radius 2 is 1.94 bits per heavy atom. The molecule has 0 aliphatic rings. The molecule has 3 nitrogen and oxygen atoms in total. The van der Waals surface area contributed by atoms with Crippen molar-refractivity contribution < 1.29 is 9.90 Å². The first kappa shape index (κ1) is 14.3. The highest BCUT2D eigenvalue weighted by molar-refractivity contribution is 14.1. The van der Waals surface area contributed by atoms with E-state index in [1.54, 1.807) is 24.3 Å². The maximum Gasteiger partial charge on any atom is 0.254 e. The third-order valence-electron chi connectivity index (χ3n) is 1.70. The van der Waals surface area contributed by atoms with Crippen molar-refractivity contribution in [1.29, 1.82) is 0 Å². The first-order valence-electron chi connectivity index (χ1n) is 4.12. The topological polar surface area (TPSA) is 49.3 Å². The average molecular weight is 394 g/mol. The molecule has 0 bridgehead atoms. The molecule has 1 amide bonds. The summed E-state index contributed by atoms with van der Waals surface area (Å²) in [5, 5.41) is 11.6. The third-order valence-corrected chi connectivity index (χ3v) is 3.26. The van der Waals surface area contributed by atoms with Crippen molar-refractivity contribution in [1.82, 2.24) is 5.32 Å². The second-order valence-electron chi connectivity index (χ2n) is 2.90. The monoisotopic (exact) mass is 393 g/mol. The van der Waals surface area contributed by atoms with E-state index in [2.05, 4.69) is 5.32 Å². The Kier molecular flexibility index (Phi) is 5.12. The minimum absolute atomic E-state index is 0.413. The van der Waals surface area contributed by atoms with Gasteiger partial charge in [0.05, 0.1) is 5.56 Å². The van der Waals surface area contributed by atoms with Gasteiger partial charge in [-0.25, -0.2) is 0 Å². The standard InChI is InChI=1S/C9H7Cl3INO2/c10-9(11,12)8(16)14-7(15)5-3-1-2-4-6(5)13/h1-4,8,16H,(H,14,15). The maximum atomic E-state index is 11.7. The Labute approximate surface area is 121 Å². The molecule has 88 valence electrons. The molecule has 1 atom stereocenters. The van der Waals surface area contributed by atoms with Gasteiger partial charge in [0.2, 0.25) is 3.79 Å². The summed E-state index contributed by atoms with van der Waals surface area (Å²) in [4.78, 5) is 11.7. The summed E-state index contributed by atoms with van der Waals surface area (Å²) in [6.07, 6.45) is -1.55. The quantitative estimate of drug-likeness (QED) is 0.460. The fourth-order valence-electron chi connectivity index (χ4n) is 0.929. The molecule has 0 aliphatic heterocycles. The molecule has 16 heavy (non-hydrogen) atoms. The second kappa shape index (κ2) is 5.73. The third kappa shape index (κ3) is 3.92. The number of alkyl halides is 3. The van der Waals surface area contributed by atoms with E-state index in [4.69, 9.17) is 34.8 Å². The van der Waals surface area contributed by atoms with Crippen molar-refractivity contribution in [2.45, 2.75) is 10.0 Å². The van der Waals surface area contributed by atoms with Gasteiger partial charge in [-0.1, -0.05) is 46.9 Å². The van der Waals surface area contributed by atoms with Crippen molar-refractivity contribution in [2.75, 3.05) is 0 Å². The lowest BCUT2D eigenvalue weighted by Gasteiger charge is -2.20. The van der Waals surface area contributed by atoms with Crippen LogP contribution in [-0.2, 0) is 0 Å². The number of hydrogen-bond acceptors (Lipinski definition) is 2. The summed E-state index contributed by atoms with van der Waals surface area (Å²) in [5.74, 6) is -0.496. The molecule has 1 rings (SSSR count). The predicted octanol–water partition coefficient (Wildman–Crippen LogP) is 2.71. The molecule has 1 aromatic carbocycles. The van der Waals surface area contributed by atoms with Crippen LogP contribution in [0.2, 0.25) is 0 Å². The first-order chi connectivity index (χ1) is 7.32. The van der Waals surface area contributed by atoms with Crippen LogP contribution in [0.1, 0.15) is 10.4 Å². The maximum absolute atomic E-state index is 11.7. The number of nitrogens with one attached hydrogen (secondary N) is 1. The van der Waals surface area contributed by atoms with Gasteiger partial charge in [0, 0.05) is 3.57 Å².